The van der Waals surface area contributed by atoms with Crippen LogP contribution in [0, 0.1) is 11.6 Å². The molecule has 2 aromatic heterocycles. The van der Waals surface area contributed by atoms with Crippen molar-refractivity contribution in [3.05, 3.63) is 88.0 Å². The normalized spacial score (nSPS) is 14.5. The Bertz CT molecular complexity index is 1320. The SMILES string of the molecule is O=c1ccc(-c2cc(F)cc(F)c2)nn1Cc1cccc(-c2noc(C3CCCCC3)n2)c1. The molecular formula is C25H22F2N4O2. The van der Waals surface area contributed by atoms with Gasteiger partial charge in [-0.3, -0.25) is 4.79 Å². The van der Waals surface area contributed by atoms with E-state index in [1.807, 2.05) is 24.3 Å². The molecule has 5 rings (SSSR count). The highest BCUT2D eigenvalue weighted by molar-refractivity contribution is 5.58. The fourth-order valence-electron chi connectivity index (χ4n) is 4.27. The summed E-state index contributed by atoms with van der Waals surface area (Å²) in [4.78, 5) is 17.0. The van der Waals surface area contributed by atoms with Crippen molar-refractivity contribution >= 4 is 0 Å². The Kier molecular flexibility index (Phi) is 5.81. The quantitative estimate of drug-likeness (QED) is 0.412. The largest absolute Gasteiger partial charge is 0.339 e. The lowest BCUT2D eigenvalue weighted by Gasteiger charge is -2.17. The van der Waals surface area contributed by atoms with Crippen molar-refractivity contribution in [2.45, 2.75) is 44.6 Å². The van der Waals surface area contributed by atoms with Gasteiger partial charge in [-0.1, -0.05) is 42.6 Å². The van der Waals surface area contributed by atoms with Crippen LogP contribution in [0.1, 0.15) is 49.5 Å². The van der Waals surface area contributed by atoms with Crippen molar-refractivity contribution in [2.24, 2.45) is 0 Å². The molecule has 1 aliphatic rings. The molecule has 1 saturated carbocycles. The molecule has 2 heterocycles. The Balaban J connectivity index is 1.40. The molecule has 6 nitrogen and oxygen atoms in total. The van der Waals surface area contributed by atoms with E-state index < -0.39 is 11.6 Å². The van der Waals surface area contributed by atoms with Gasteiger partial charge in [0, 0.05) is 29.2 Å². The number of rotatable bonds is 5. The van der Waals surface area contributed by atoms with Gasteiger partial charge in [0.1, 0.15) is 11.6 Å². The van der Waals surface area contributed by atoms with E-state index in [9.17, 15) is 13.6 Å². The fourth-order valence-corrected chi connectivity index (χ4v) is 4.27. The molecule has 168 valence electrons. The predicted octanol–water partition coefficient (Wildman–Crippen LogP) is 5.33. The smallest absolute Gasteiger partial charge is 0.267 e. The minimum absolute atomic E-state index is 0.186. The van der Waals surface area contributed by atoms with Crippen LogP contribution in [-0.4, -0.2) is 19.9 Å². The Morgan fingerprint density at radius 3 is 2.52 bits per heavy atom. The molecule has 33 heavy (non-hydrogen) atoms. The van der Waals surface area contributed by atoms with E-state index in [0.29, 0.717) is 23.3 Å². The van der Waals surface area contributed by atoms with Crippen LogP contribution >= 0.6 is 0 Å². The first-order chi connectivity index (χ1) is 16.0. The first-order valence-electron chi connectivity index (χ1n) is 11.0. The molecule has 8 heteroatoms. The van der Waals surface area contributed by atoms with Gasteiger partial charge < -0.3 is 4.52 Å². The van der Waals surface area contributed by atoms with E-state index >= 15 is 0 Å². The van der Waals surface area contributed by atoms with Gasteiger partial charge in [0.25, 0.3) is 5.56 Å². The van der Waals surface area contributed by atoms with Crippen molar-refractivity contribution < 1.29 is 13.3 Å². The number of hydrogen-bond acceptors (Lipinski definition) is 5. The first kappa shape index (κ1) is 21.2. The second kappa shape index (κ2) is 9.05. The number of hydrogen-bond donors (Lipinski definition) is 0. The maximum atomic E-state index is 13.6. The zero-order valence-corrected chi connectivity index (χ0v) is 17.9. The van der Waals surface area contributed by atoms with Crippen LogP contribution in [-0.2, 0) is 6.54 Å². The second-order valence-corrected chi connectivity index (χ2v) is 8.36. The summed E-state index contributed by atoms with van der Waals surface area (Å²) in [7, 11) is 0. The van der Waals surface area contributed by atoms with Crippen LogP contribution in [0.2, 0.25) is 0 Å². The van der Waals surface area contributed by atoms with Gasteiger partial charge in [-0.15, -0.1) is 0 Å². The van der Waals surface area contributed by atoms with Crippen molar-refractivity contribution in [3.8, 4) is 22.6 Å². The number of benzene rings is 2. The van der Waals surface area contributed by atoms with Gasteiger partial charge in [-0.05, 0) is 42.7 Å². The number of nitrogens with zero attached hydrogens (tertiary/aromatic N) is 4. The second-order valence-electron chi connectivity index (χ2n) is 8.36. The average molecular weight is 448 g/mol. The lowest BCUT2D eigenvalue weighted by molar-refractivity contribution is 0.314. The number of halogens is 2. The average Bonchev–Trinajstić information content (AvgIpc) is 3.31. The molecule has 0 aliphatic heterocycles. The molecule has 0 unspecified atom stereocenters. The Labute approximate surface area is 188 Å². The third kappa shape index (κ3) is 4.74. The predicted molar refractivity (Wildman–Crippen MR) is 119 cm³/mol. The maximum absolute atomic E-state index is 13.6. The van der Waals surface area contributed by atoms with E-state index in [2.05, 4.69) is 15.2 Å². The minimum atomic E-state index is -0.704. The van der Waals surface area contributed by atoms with Crippen LogP contribution in [0.15, 0.2) is 63.9 Å². The highest BCUT2D eigenvalue weighted by Crippen LogP contribution is 2.32. The monoisotopic (exact) mass is 448 g/mol. The molecule has 0 saturated heterocycles. The minimum Gasteiger partial charge on any atom is -0.339 e. The summed E-state index contributed by atoms with van der Waals surface area (Å²) in [5.74, 6) is 0.112. The maximum Gasteiger partial charge on any atom is 0.267 e. The lowest BCUT2D eigenvalue weighted by Crippen LogP contribution is -2.22. The van der Waals surface area contributed by atoms with E-state index in [1.165, 1.54) is 48.2 Å². The van der Waals surface area contributed by atoms with Gasteiger partial charge in [0.2, 0.25) is 11.7 Å². The zero-order valence-electron chi connectivity index (χ0n) is 17.9. The third-order valence-electron chi connectivity index (χ3n) is 5.94. The fraction of sp³-hybridized carbons (Fsp3) is 0.280. The topological polar surface area (TPSA) is 73.8 Å². The zero-order chi connectivity index (χ0) is 22.8. The standard InChI is InChI=1S/C25H22F2N4O2/c26-20-12-19(13-21(27)14-20)22-9-10-23(32)31(29-22)15-16-5-4-8-18(11-16)24-28-25(33-30-24)17-6-2-1-3-7-17/h4-5,8-14,17H,1-3,6-7,15H2. The summed E-state index contributed by atoms with van der Waals surface area (Å²) in [6.45, 7) is 0.186. The van der Waals surface area contributed by atoms with Crippen molar-refractivity contribution in [1.29, 1.82) is 0 Å². The summed E-state index contributed by atoms with van der Waals surface area (Å²) in [6.07, 6.45) is 5.76. The van der Waals surface area contributed by atoms with E-state index in [4.69, 9.17) is 4.52 Å². The van der Waals surface area contributed by atoms with E-state index in [1.54, 1.807) is 0 Å². The lowest BCUT2D eigenvalue weighted by atomic mass is 9.89. The van der Waals surface area contributed by atoms with Gasteiger partial charge in [-0.2, -0.15) is 10.1 Å². The highest BCUT2D eigenvalue weighted by atomic mass is 19.1. The van der Waals surface area contributed by atoms with Gasteiger partial charge >= 0.3 is 0 Å². The van der Waals surface area contributed by atoms with E-state index in [0.717, 1.165) is 30.0 Å². The Hall–Kier alpha value is -3.68. The van der Waals surface area contributed by atoms with Crippen LogP contribution in [0.25, 0.3) is 22.6 Å². The molecule has 0 atom stereocenters. The summed E-state index contributed by atoms with van der Waals surface area (Å²) in [5.41, 5.74) is 1.85. The van der Waals surface area contributed by atoms with Crippen molar-refractivity contribution in [2.75, 3.05) is 0 Å². The summed E-state index contributed by atoms with van der Waals surface area (Å²) in [5, 5.41) is 8.47. The van der Waals surface area contributed by atoms with Crippen molar-refractivity contribution in [1.82, 2.24) is 19.9 Å². The van der Waals surface area contributed by atoms with Crippen LogP contribution in [0.4, 0.5) is 8.78 Å². The summed E-state index contributed by atoms with van der Waals surface area (Å²) in [6, 6.07) is 13.5. The van der Waals surface area contributed by atoms with Gasteiger partial charge in [-0.25, -0.2) is 13.5 Å². The van der Waals surface area contributed by atoms with Crippen molar-refractivity contribution in [3.63, 3.8) is 0 Å². The molecule has 0 amide bonds. The van der Waals surface area contributed by atoms with Crippen LogP contribution < -0.4 is 5.56 Å². The molecule has 0 radical (unpaired) electrons. The molecule has 0 spiro atoms. The number of aromatic nitrogens is 4. The summed E-state index contributed by atoms with van der Waals surface area (Å²) < 4.78 is 34.0. The highest BCUT2D eigenvalue weighted by Gasteiger charge is 2.22. The molecule has 1 fully saturated rings. The molecule has 4 aromatic rings. The van der Waals surface area contributed by atoms with Crippen LogP contribution in [0.3, 0.4) is 0 Å². The van der Waals surface area contributed by atoms with Crippen LogP contribution in [0.5, 0.6) is 0 Å². The van der Waals surface area contributed by atoms with E-state index in [-0.39, 0.29) is 17.7 Å². The van der Waals surface area contributed by atoms with Gasteiger partial charge in [0.05, 0.1) is 12.2 Å². The Morgan fingerprint density at radius 1 is 0.939 bits per heavy atom. The Morgan fingerprint density at radius 2 is 1.73 bits per heavy atom. The summed E-state index contributed by atoms with van der Waals surface area (Å²) >= 11 is 0. The van der Waals surface area contributed by atoms with Gasteiger partial charge in [0.15, 0.2) is 0 Å². The molecule has 2 aromatic carbocycles. The molecule has 1 aliphatic carbocycles. The molecular weight excluding hydrogens is 426 g/mol. The molecule has 0 bridgehead atoms. The first-order valence-corrected chi connectivity index (χ1v) is 11.0. The molecule has 0 N–H and O–H groups in total. The third-order valence-corrected chi connectivity index (χ3v) is 5.94.